The first-order chi connectivity index (χ1) is 24.8. The zero-order chi connectivity index (χ0) is 34.6. The molecule has 10 heteroatoms. The lowest BCUT2D eigenvalue weighted by Gasteiger charge is -2.48. The fraction of sp³-hybridized carbons (Fsp3) is 0.317. The molecule has 51 heavy (non-hydrogen) atoms. The fourth-order valence-corrected chi connectivity index (χ4v) is 10.5. The first kappa shape index (κ1) is 30.2. The van der Waals surface area contributed by atoms with Crippen molar-refractivity contribution in [2.45, 2.75) is 79.9 Å². The minimum atomic E-state index is -0.864. The van der Waals surface area contributed by atoms with Crippen molar-refractivity contribution in [1.29, 1.82) is 0 Å². The number of nitrogens with one attached hydrogen (secondary N) is 4. The number of fused-ring (bicyclic) bond motifs is 11. The molecule has 0 aromatic heterocycles. The van der Waals surface area contributed by atoms with Crippen LogP contribution in [0.2, 0.25) is 0 Å². The standard InChI is InChI=1S/C41H38N6O4/c1-23-15-17-25(18-16-23)20-31-37(51)47-33(35(49)43-31)22-41(27-12-6-8-14-29(27)45-39(41)47)40-21-32-34(48)42-30(19-24-9-3-2-4-10-24)36(50)46(32)38(40)44-28-13-7-5-11-26(28)40/h2-18,30-33,38-39,44-45H,19-22H2,1H3,(H,42,48)(H,43,49)/t30-,31-,32-,33-,38+,39+,40?,41?/m0/s1. The van der Waals surface area contributed by atoms with Crippen LogP contribution in [-0.4, -0.2) is 69.9 Å². The van der Waals surface area contributed by atoms with Gasteiger partial charge in [-0.15, -0.1) is 0 Å². The maximum absolute atomic E-state index is 14.7. The number of anilines is 2. The molecule has 10 rings (SSSR count). The van der Waals surface area contributed by atoms with E-state index in [9.17, 15) is 19.2 Å². The third-order valence-electron chi connectivity index (χ3n) is 12.6. The van der Waals surface area contributed by atoms with Gasteiger partial charge in [0.1, 0.15) is 36.5 Å². The van der Waals surface area contributed by atoms with Gasteiger partial charge in [-0.3, -0.25) is 19.2 Å². The minimum Gasteiger partial charge on any atom is -0.364 e. The highest BCUT2D eigenvalue weighted by Crippen LogP contribution is 2.68. The molecule has 4 aromatic rings. The molecule has 6 aliphatic rings. The number of nitrogens with zero attached hydrogens (tertiary/aromatic N) is 2. The molecule has 10 nitrogen and oxygen atoms in total. The number of aryl methyl sites for hydroxylation is 1. The van der Waals surface area contributed by atoms with Gasteiger partial charge in [0.05, 0.1) is 10.8 Å². The van der Waals surface area contributed by atoms with Gasteiger partial charge in [0, 0.05) is 24.2 Å². The molecule has 0 saturated carbocycles. The van der Waals surface area contributed by atoms with Gasteiger partial charge in [0.25, 0.3) is 0 Å². The normalized spacial score (nSPS) is 32.5. The summed E-state index contributed by atoms with van der Waals surface area (Å²) < 4.78 is 0. The molecule has 0 bridgehead atoms. The van der Waals surface area contributed by atoms with Crippen LogP contribution in [0.25, 0.3) is 0 Å². The zero-order valence-corrected chi connectivity index (χ0v) is 28.1. The molecule has 0 radical (unpaired) electrons. The van der Waals surface area contributed by atoms with E-state index in [2.05, 4.69) is 33.4 Å². The maximum Gasteiger partial charge on any atom is 0.247 e. The van der Waals surface area contributed by atoms with Gasteiger partial charge in [0.15, 0.2) is 0 Å². The Balaban J connectivity index is 1.12. The smallest absolute Gasteiger partial charge is 0.247 e. The summed E-state index contributed by atoms with van der Waals surface area (Å²) in [7, 11) is 0. The van der Waals surface area contributed by atoms with Gasteiger partial charge in [-0.25, -0.2) is 0 Å². The summed E-state index contributed by atoms with van der Waals surface area (Å²) in [6, 6.07) is 31.1. The molecule has 6 aliphatic heterocycles. The van der Waals surface area contributed by atoms with Crippen molar-refractivity contribution in [1.82, 2.24) is 20.4 Å². The van der Waals surface area contributed by atoms with Crippen LogP contribution in [0, 0.1) is 6.92 Å². The van der Waals surface area contributed by atoms with Crippen LogP contribution in [0.5, 0.6) is 0 Å². The summed E-state index contributed by atoms with van der Waals surface area (Å²) in [5.74, 6) is -0.629. The Bertz CT molecular complexity index is 2140. The van der Waals surface area contributed by atoms with Crippen molar-refractivity contribution < 1.29 is 19.2 Å². The summed E-state index contributed by atoms with van der Waals surface area (Å²) in [4.78, 5) is 61.3. The van der Waals surface area contributed by atoms with Crippen LogP contribution < -0.4 is 21.3 Å². The molecule has 2 unspecified atom stereocenters. The van der Waals surface area contributed by atoms with E-state index in [1.807, 2.05) is 97.9 Å². The van der Waals surface area contributed by atoms with Crippen LogP contribution in [0.4, 0.5) is 11.4 Å². The number of carbonyl (C=O) groups is 4. The van der Waals surface area contributed by atoms with Gasteiger partial charge in [-0.2, -0.15) is 0 Å². The number of hydrogen-bond donors (Lipinski definition) is 4. The molecule has 4 N–H and O–H groups in total. The van der Waals surface area contributed by atoms with Gasteiger partial charge in [0.2, 0.25) is 23.6 Å². The summed E-state index contributed by atoms with van der Waals surface area (Å²) >= 11 is 0. The Labute approximate surface area is 295 Å². The lowest BCUT2D eigenvalue weighted by atomic mass is 9.54. The number of para-hydroxylation sites is 2. The summed E-state index contributed by atoms with van der Waals surface area (Å²) in [5, 5.41) is 13.6. The SMILES string of the molecule is Cc1ccc(C[C@@H]2NC(=O)[C@@H]3CC4(C56C[C@H]7C(=O)N[C@@H](Cc8ccccc8)C(=O)N7[C@H]5Nc5ccccc56)c5ccccc5N[C@@H]4N3C2=O)cc1. The van der Waals surface area contributed by atoms with Crippen LogP contribution in [0.15, 0.2) is 103 Å². The number of benzene rings is 4. The molecule has 4 saturated heterocycles. The van der Waals surface area contributed by atoms with Crippen LogP contribution in [-0.2, 0) is 42.8 Å². The monoisotopic (exact) mass is 678 g/mol. The van der Waals surface area contributed by atoms with E-state index in [0.717, 1.165) is 39.2 Å². The van der Waals surface area contributed by atoms with Gasteiger partial charge < -0.3 is 31.1 Å². The molecule has 4 amide bonds. The average molecular weight is 679 g/mol. The predicted molar refractivity (Wildman–Crippen MR) is 190 cm³/mol. The molecule has 4 aromatic carbocycles. The Hall–Kier alpha value is -5.64. The van der Waals surface area contributed by atoms with Gasteiger partial charge in [-0.05, 0) is 54.2 Å². The summed E-state index contributed by atoms with van der Waals surface area (Å²) in [5.41, 5.74) is 5.13. The summed E-state index contributed by atoms with van der Waals surface area (Å²) in [6.45, 7) is 2.02. The maximum atomic E-state index is 14.7. The quantitative estimate of drug-likeness (QED) is 0.257. The van der Waals surface area contributed by atoms with Crippen LogP contribution in [0.1, 0.15) is 40.7 Å². The fourth-order valence-electron chi connectivity index (χ4n) is 10.5. The van der Waals surface area contributed by atoms with Crippen molar-refractivity contribution in [2.24, 2.45) is 0 Å². The van der Waals surface area contributed by atoms with Crippen LogP contribution >= 0.6 is 0 Å². The number of piperazine rings is 2. The van der Waals surface area contributed by atoms with Crippen molar-refractivity contribution in [3.05, 3.63) is 131 Å². The first-order valence-corrected chi connectivity index (χ1v) is 17.9. The molecule has 6 heterocycles. The number of rotatable bonds is 5. The van der Waals surface area contributed by atoms with E-state index < -0.39 is 47.3 Å². The number of hydrogen-bond acceptors (Lipinski definition) is 6. The third kappa shape index (κ3) is 3.98. The lowest BCUT2D eigenvalue weighted by Crippen LogP contribution is -2.67. The van der Waals surface area contributed by atoms with E-state index in [0.29, 0.717) is 25.7 Å². The molecule has 8 atom stereocenters. The van der Waals surface area contributed by atoms with Gasteiger partial charge >= 0.3 is 0 Å². The Morgan fingerprint density at radius 1 is 0.549 bits per heavy atom. The number of carbonyl (C=O) groups excluding carboxylic acids is 4. The van der Waals surface area contributed by atoms with E-state index in [1.54, 1.807) is 9.80 Å². The molecule has 4 fully saturated rings. The largest absolute Gasteiger partial charge is 0.364 e. The average Bonchev–Trinajstić information content (AvgIpc) is 3.85. The van der Waals surface area contributed by atoms with Crippen molar-refractivity contribution >= 4 is 35.0 Å². The molecular formula is C41H38N6O4. The van der Waals surface area contributed by atoms with E-state index in [4.69, 9.17) is 0 Å². The first-order valence-electron chi connectivity index (χ1n) is 17.9. The van der Waals surface area contributed by atoms with E-state index in [-0.39, 0.29) is 23.6 Å². The van der Waals surface area contributed by atoms with Crippen molar-refractivity contribution in [2.75, 3.05) is 10.6 Å². The second kappa shape index (κ2) is 10.7. The molecule has 0 aliphatic carbocycles. The zero-order valence-electron chi connectivity index (χ0n) is 28.1. The Morgan fingerprint density at radius 2 is 0.980 bits per heavy atom. The minimum absolute atomic E-state index is 0.132. The molecule has 256 valence electrons. The lowest BCUT2D eigenvalue weighted by molar-refractivity contribution is -0.149. The van der Waals surface area contributed by atoms with Crippen LogP contribution in [0.3, 0.4) is 0 Å². The molecular weight excluding hydrogens is 640 g/mol. The predicted octanol–water partition coefficient (Wildman–Crippen LogP) is 3.36. The third-order valence-corrected chi connectivity index (χ3v) is 12.6. The second-order valence-corrected chi connectivity index (χ2v) is 15.1. The highest BCUT2D eigenvalue weighted by Gasteiger charge is 2.78. The second-order valence-electron chi connectivity index (χ2n) is 15.1. The topological polar surface area (TPSA) is 123 Å². The number of amides is 4. The van der Waals surface area contributed by atoms with Gasteiger partial charge in [-0.1, -0.05) is 96.6 Å². The van der Waals surface area contributed by atoms with E-state index in [1.165, 1.54) is 0 Å². The molecule has 0 spiro atoms. The highest BCUT2D eigenvalue weighted by molar-refractivity contribution is 6.01. The Kier molecular flexibility index (Phi) is 6.33. The Morgan fingerprint density at radius 3 is 1.47 bits per heavy atom. The van der Waals surface area contributed by atoms with Crippen molar-refractivity contribution in [3.8, 4) is 0 Å². The summed E-state index contributed by atoms with van der Waals surface area (Å²) in [6.07, 6.45) is 0.266. The van der Waals surface area contributed by atoms with E-state index >= 15 is 0 Å². The highest BCUT2D eigenvalue weighted by atomic mass is 16.2. The van der Waals surface area contributed by atoms with Crippen molar-refractivity contribution in [3.63, 3.8) is 0 Å².